The Kier molecular flexibility index (Phi) is 13.5. The van der Waals surface area contributed by atoms with Crippen molar-refractivity contribution in [1.29, 1.82) is 0 Å². The Balaban J connectivity index is 3.14. The molecule has 0 nitrogen and oxygen atoms in total. The molecule has 0 heterocycles. The summed E-state index contributed by atoms with van der Waals surface area (Å²) in [5.74, 6) is 0. The van der Waals surface area contributed by atoms with Crippen LogP contribution < -0.4 is 0 Å². The average Bonchev–Trinajstić information content (AvgIpc) is 2.31. The maximum Gasteiger partial charge on any atom is -0.0348 e. The van der Waals surface area contributed by atoms with Crippen molar-refractivity contribution in [2.24, 2.45) is 0 Å². The molecule has 0 spiro atoms. The summed E-state index contributed by atoms with van der Waals surface area (Å²) in [5.41, 5.74) is 0. The minimum Gasteiger partial charge on any atom is -0.0877 e. The van der Waals surface area contributed by atoms with E-state index in [1.807, 2.05) is 13.0 Å². The molecule has 0 fully saturated rings. The van der Waals surface area contributed by atoms with Crippen molar-refractivity contribution in [3.05, 3.63) is 36.5 Å². The van der Waals surface area contributed by atoms with Crippen LogP contribution in [0, 0.1) is 0 Å². The Hall–Kier alpha value is -0.780. The lowest BCUT2D eigenvalue weighted by molar-refractivity contribution is 0.592. The van der Waals surface area contributed by atoms with Gasteiger partial charge in [-0.3, -0.25) is 0 Å². The Labute approximate surface area is 102 Å². The van der Waals surface area contributed by atoms with Gasteiger partial charge in [0, 0.05) is 0 Å². The molecule has 0 radical (unpaired) electrons. The van der Waals surface area contributed by atoms with Crippen LogP contribution in [0.15, 0.2) is 36.5 Å². The van der Waals surface area contributed by atoms with Crippen LogP contribution in [0.2, 0.25) is 0 Å². The zero-order valence-corrected chi connectivity index (χ0v) is 11.1. The Morgan fingerprint density at radius 2 is 1.31 bits per heavy atom. The number of hydrogen-bond acceptors (Lipinski definition) is 0. The van der Waals surface area contributed by atoms with Gasteiger partial charge in [0.15, 0.2) is 0 Å². The highest BCUT2D eigenvalue weighted by molar-refractivity contribution is 5.10. The molecule has 16 heavy (non-hydrogen) atoms. The van der Waals surface area contributed by atoms with Crippen LogP contribution in [-0.4, -0.2) is 0 Å². The summed E-state index contributed by atoms with van der Waals surface area (Å²) in [6, 6.07) is 0. The smallest absolute Gasteiger partial charge is 0.0348 e. The molecule has 0 aliphatic rings. The molecule has 0 aromatic rings. The molecule has 0 amide bonds. The standard InChI is InChI=1S/C16H28/c1-3-5-7-9-11-13-15-16-14-12-10-8-6-4-2/h3,5,7,9,11,13H,4,6,8,10,12,14-16H2,1-2H3. The molecule has 0 saturated carbocycles. The monoisotopic (exact) mass is 220 g/mol. The fourth-order valence-corrected chi connectivity index (χ4v) is 1.63. The van der Waals surface area contributed by atoms with Gasteiger partial charge >= 0.3 is 0 Å². The molecule has 0 bridgehead atoms. The van der Waals surface area contributed by atoms with Gasteiger partial charge in [0.2, 0.25) is 0 Å². The number of hydrogen-bond donors (Lipinski definition) is 0. The van der Waals surface area contributed by atoms with E-state index in [9.17, 15) is 0 Å². The van der Waals surface area contributed by atoms with Gasteiger partial charge in [-0.05, 0) is 19.8 Å². The largest absolute Gasteiger partial charge is 0.0877 e. The third kappa shape index (κ3) is 13.2. The molecule has 0 atom stereocenters. The summed E-state index contributed by atoms with van der Waals surface area (Å²) in [5, 5.41) is 0. The Bertz CT molecular complexity index is 196. The van der Waals surface area contributed by atoms with E-state index in [2.05, 4.69) is 37.3 Å². The van der Waals surface area contributed by atoms with Crippen LogP contribution in [0.5, 0.6) is 0 Å². The van der Waals surface area contributed by atoms with Gasteiger partial charge < -0.3 is 0 Å². The van der Waals surface area contributed by atoms with Gasteiger partial charge in [0.05, 0.1) is 0 Å². The molecule has 0 saturated heterocycles. The molecule has 0 rings (SSSR count). The topological polar surface area (TPSA) is 0 Å². The number of allylic oxidation sites excluding steroid dienone is 6. The first-order valence-corrected chi connectivity index (χ1v) is 6.86. The minimum atomic E-state index is 1.23. The van der Waals surface area contributed by atoms with Crippen molar-refractivity contribution in [3.8, 4) is 0 Å². The van der Waals surface area contributed by atoms with E-state index in [1.165, 1.54) is 51.4 Å². The van der Waals surface area contributed by atoms with E-state index >= 15 is 0 Å². The molecule has 0 N–H and O–H groups in total. The van der Waals surface area contributed by atoms with Gasteiger partial charge in [-0.2, -0.15) is 0 Å². The zero-order valence-electron chi connectivity index (χ0n) is 11.1. The van der Waals surface area contributed by atoms with Crippen molar-refractivity contribution in [2.75, 3.05) is 0 Å². The quantitative estimate of drug-likeness (QED) is 0.321. The average molecular weight is 220 g/mol. The summed E-state index contributed by atoms with van der Waals surface area (Å²) in [6.45, 7) is 4.30. The Morgan fingerprint density at radius 1 is 0.688 bits per heavy atom. The first kappa shape index (κ1) is 15.2. The third-order valence-corrected chi connectivity index (χ3v) is 2.64. The SMILES string of the molecule is CC=CC=CC=CCCCCCCCCC. The summed E-state index contributed by atoms with van der Waals surface area (Å²) in [6.07, 6.45) is 23.7. The van der Waals surface area contributed by atoms with Gasteiger partial charge in [-0.1, -0.05) is 81.9 Å². The van der Waals surface area contributed by atoms with Crippen LogP contribution in [0.25, 0.3) is 0 Å². The van der Waals surface area contributed by atoms with Crippen molar-refractivity contribution < 1.29 is 0 Å². The molecular weight excluding hydrogens is 192 g/mol. The lowest BCUT2D eigenvalue weighted by Crippen LogP contribution is -1.78. The first-order valence-electron chi connectivity index (χ1n) is 6.86. The fraction of sp³-hybridized carbons (Fsp3) is 0.625. The minimum absolute atomic E-state index is 1.23. The molecule has 0 heteroatoms. The van der Waals surface area contributed by atoms with E-state index in [1.54, 1.807) is 0 Å². The molecule has 92 valence electrons. The molecular formula is C16H28. The number of rotatable bonds is 10. The van der Waals surface area contributed by atoms with Gasteiger partial charge in [-0.15, -0.1) is 0 Å². The van der Waals surface area contributed by atoms with Crippen LogP contribution in [0.4, 0.5) is 0 Å². The predicted molar refractivity (Wildman–Crippen MR) is 75.7 cm³/mol. The van der Waals surface area contributed by atoms with Crippen LogP contribution in [0.3, 0.4) is 0 Å². The van der Waals surface area contributed by atoms with Crippen LogP contribution in [-0.2, 0) is 0 Å². The van der Waals surface area contributed by atoms with Crippen molar-refractivity contribution in [2.45, 2.75) is 65.2 Å². The van der Waals surface area contributed by atoms with Crippen LogP contribution in [0.1, 0.15) is 65.2 Å². The van der Waals surface area contributed by atoms with Crippen molar-refractivity contribution in [1.82, 2.24) is 0 Å². The van der Waals surface area contributed by atoms with Gasteiger partial charge in [0.25, 0.3) is 0 Å². The molecule has 0 aromatic heterocycles. The predicted octanol–water partition coefficient (Wildman–Crippen LogP) is 5.82. The summed E-state index contributed by atoms with van der Waals surface area (Å²) in [7, 11) is 0. The van der Waals surface area contributed by atoms with E-state index in [0.717, 1.165) is 0 Å². The second-order valence-corrected chi connectivity index (χ2v) is 4.25. The van der Waals surface area contributed by atoms with Crippen molar-refractivity contribution in [3.63, 3.8) is 0 Å². The summed E-state index contributed by atoms with van der Waals surface area (Å²) < 4.78 is 0. The molecule has 0 aromatic carbocycles. The highest BCUT2D eigenvalue weighted by atomic mass is 13.9. The lowest BCUT2D eigenvalue weighted by atomic mass is 10.1. The molecule has 0 unspecified atom stereocenters. The van der Waals surface area contributed by atoms with E-state index in [-0.39, 0.29) is 0 Å². The maximum atomic E-state index is 2.27. The lowest BCUT2D eigenvalue weighted by Gasteiger charge is -1.98. The Morgan fingerprint density at radius 3 is 2.00 bits per heavy atom. The molecule has 0 aliphatic heterocycles. The van der Waals surface area contributed by atoms with E-state index < -0.39 is 0 Å². The summed E-state index contributed by atoms with van der Waals surface area (Å²) in [4.78, 5) is 0. The zero-order chi connectivity index (χ0) is 11.9. The molecule has 0 aliphatic carbocycles. The van der Waals surface area contributed by atoms with Gasteiger partial charge in [0.1, 0.15) is 0 Å². The van der Waals surface area contributed by atoms with E-state index in [0.29, 0.717) is 0 Å². The highest BCUT2D eigenvalue weighted by Gasteiger charge is 1.88. The number of unbranched alkanes of at least 4 members (excludes halogenated alkanes) is 7. The van der Waals surface area contributed by atoms with E-state index in [4.69, 9.17) is 0 Å². The maximum absolute atomic E-state index is 2.27. The fourth-order valence-electron chi connectivity index (χ4n) is 1.63. The third-order valence-electron chi connectivity index (χ3n) is 2.64. The van der Waals surface area contributed by atoms with Gasteiger partial charge in [-0.25, -0.2) is 0 Å². The summed E-state index contributed by atoms with van der Waals surface area (Å²) >= 11 is 0. The second-order valence-electron chi connectivity index (χ2n) is 4.25. The highest BCUT2D eigenvalue weighted by Crippen LogP contribution is 2.08. The van der Waals surface area contributed by atoms with Crippen molar-refractivity contribution >= 4 is 0 Å². The first-order chi connectivity index (χ1) is 7.91. The normalized spacial score (nSPS) is 12.4. The second kappa shape index (κ2) is 14.2. The van der Waals surface area contributed by atoms with Crippen LogP contribution >= 0.6 is 0 Å².